The van der Waals surface area contributed by atoms with Gasteiger partial charge in [0.15, 0.2) is 0 Å². The second-order valence-electron chi connectivity index (χ2n) is 3.59. The Hall–Kier alpha value is -0.450. The number of hydrogen-bond acceptors (Lipinski definition) is 4. The summed E-state index contributed by atoms with van der Waals surface area (Å²) in [5.41, 5.74) is 0. The molecule has 0 saturated carbocycles. The van der Waals surface area contributed by atoms with E-state index >= 15 is 0 Å². The lowest BCUT2D eigenvalue weighted by Crippen LogP contribution is -2.32. The molecule has 0 aliphatic rings. The highest BCUT2D eigenvalue weighted by Crippen LogP contribution is 2.17. The molecule has 0 fully saturated rings. The monoisotopic (exact) mass is 218 g/mol. The molecule has 0 atom stereocenters. The van der Waals surface area contributed by atoms with Crippen LogP contribution in [0.5, 0.6) is 0 Å². The van der Waals surface area contributed by atoms with Crippen LogP contribution in [0.1, 0.15) is 44.9 Å². The number of hydrogen-bond donors (Lipinski definition) is 1. The van der Waals surface area contributed by atoms with Gasteiger partial charge in [-0.1, -0.05) is 19.3 Å². The Bertz CT molecular complexity index is 155. The lowest BCUT2D eigenvalue weighted by molar-refractivity contribution is -0.342. The first-order chi connectivity index (χ1) is 7.18. The van der Waals surface area contributed by atoms with Gasteiger partial charge in [-0.15, -0.1) is 0 Å². The van der Waals surface area contributed by atoms with Crippen LogP contribution in [0, 0.1) is 0 Å². The predicted molar refractivity (Wildman–Crippen MR) is 57.4 cm³/mol. The molecule has 0 aromatic carbocycles. The fraction of sp³-hybridized carbons (Fsp3) is 0.909. The van der Waals surface area contributed by atoms with Crippen molar-refractivity contribution < 1.29 is 19.4 Å². The van der Waals surface area contributed by atoms with Crippen LogP contribution < -0.4 is 0 Å². The van der Waals surface area contributed by atoms with E-state index in [0.29, 0.717) is 12.8 Å². The summed E-state index contributed by atoms with van der Waals surface area (Å²) in [6, 6.07) is 0. The highest BCUT2D eigenvalue weighted by Gasteiger charge is 2.24. The predicted octanol–water partition coefficient (Wildman–Crippen LogP) is 1.85. The van der Waals surface area contributed by atoms with E-state index in [2.05, 4.69) is 0 Å². The third-order valence-corrected chi connectivity index (χ3v) is 2.45. The first-order valence-electron chi connectivity index (χ1n) is 5.45. The van der Waals surface area contributed by atoms with Crippen LogP contribution in [0.4, 0.5) is 0 Å². The molecule has 0 spiro atoms. The second kappa shape index (κ2) is 8.83. The number of methoxy groups -OCH3 is 2. The normalized spacial score (nSPS) is 11.7. The number of rotatable bonds is 10. The minimum atomic E-state index is -1.43. The molecule has 4 nitrogen and oxygen atoms in total. The molecular weight excluding hydrogens is 196 g/mol. The van der Waals surface area contributed by atoms with Crippen LogP contribution >= 0.6 is 0 Å². The molecule has 0 amide bonds. The van der Waals surface area contributed by atoms with Crippen LogP contribution in [-0.4, -0.2) is 31.6 Å². The van der Waals surface area contributed by atoms with Crippen molar-refractivity contribution in [2.75, 3.05) is 14.2 Å². The van der Waals surface area contributed by atoms with Crippen LogP contribution in [0.15, 0.2) is 0 Å². The van der Waals surface area contributed by atoms with Crippen molar-refractivity contribution in [1.29, 1.82) is 0 Å². The van der Waals surface area contributed by atoms with Gasteiger partial charge in [-0.05, 0) is 12.8 Å². The van der Waals surface area contributed by atoms with E-state index in [9.17, 15) is 9.90 Å². The summed E-state index contributed by atoms with van der Waals surface area (Å²) in [5, 5.41) is 9.58. The summed E-state index contributed by atoms with van der Waals surface area (Å²) in [4.78, 5) is 10.0. The Morgan fingerprint density at radius 1 is 1.07 bits per heavy atom. The van der Waals surface area contributed by atoms with Gasteiger partial charge in [0.05, 0.1) is 0 Å². The van der Waals surface area contributed by atoms with Crippen LogP contribution in [0.25, 0.3) is 0 Å². The maximum atomic E-state index is 10.0. The van der Waals surface area contributed by atoms with Gasteiger partial charge in [0.1, 0.15) is 6.29 Å². The maximum Gasteiger partial charge on any atom is 0.279 e. The quantitative estimate of drug-likeness (QED) is 0.345. The molecule has 0 unspecified atom stereocenters. The average Bonchev–Trinajstić information content (AvgIpc) is 2.27. The molecule has 0 saturated heterocycles. The molecule has 15 heavy (non-hydrogen) atoms. The first-order valence-corrected chi connectivity index (χ1v) is 5.45. The first kappa shape index (κ1) is 14.6. The van der Waals surface area contributed by atoms with Crippen molar-refractivity contribution in [2.24, 2.45) is 0 Å². The van der Waals surface area contributed by atoms with E-state index in [-0.39, 0.29) is 0 Å². The van der Waals surface area contributed by atoms with Crippen molar-refractivity contribution in [3.05, 3.63) is 0 Å². The number of carbonyl (C=O) groups is 1. The SMILES string of the molecule is COC(O)(CCCCCCCC=O)OC. The molecule has 90 valence electrons. The lowest BCUT2D eigenvalue weighted by Gasteiger charge is -2.23. The molecule has 0 aromatic rings. The number of ether oxygens (including phenoxy) is 2. The Morgan fingerprint density at radius 2 is 1.60 bits per heavy atom. The molecule has 0 aliphatic heterocycles. The molecular formula is C11H22O4. The zero-order valence-corrected chi connectivity index (χ0v) is 9.70. The summed E-state index contributed by atoms with van der Waals surface area (Å²) in [6.45, 7) is 0. The fourth-order valence-electron chi connectivity index (χ4n) is 1.39. The minimum Gasteiger partial charge on any atom is -0.343 e. The van der Waals surface area contributed by atoms with Crippen LogP contribution in [-0.2, 0) is 14.3 Å². The average molecular weight is 218 g/mol. The molecule has 4 heteroatoms. The minimum absolute atomic E-state index is 0.480. The van der Waals surface area contributed by atoms with Gasteiger partial charge in [-0.3, -0.25) is 0 Å². The Kier molecular flexibility index (Phi) is 8.56. The van der Waals surface area contributed by atoms with Gasteiger partial charge in [0.2, 0.25) is 0 Å². The lowest BCUT2D eigenvalue weighted by atomic mass is 10.1. The van der Waals surface area contributed by atoms with Crippen LogP contribution in [0.2, 0.25) is 0 Å². The van der Waals surface area contributed by atoms with E-state index < -0.39 is 5.97 Å². The topological polar surface area (TPSA) is 55.8 Å². The van der Waals surface area contributed by atoms with E-state index in [1.165, 1.54) is 14.2 Å². The van der Waals surface area contributed by atoms with Gasteiger partial charge in [0, 0.05) is 27.1 Å². The number of aliphatic hydroxyl groups is 1. The van der Waals surface area contributed by atoms with Gasteiger partial charge in [-0.25, -0.2) is 0 Å². The van der Waals surface area contributed by atoms with Gasteiger partial charge >= 0.3 is 0 Å². The standard InChI is InChI=1S/C11H22O4/c1-14-11(13,15-2)9-7-5-3-4-6-8-10-12/h10,13H,3-9H2,1-2H3. The fourth-order valence-corrected chi connectivity index (χ4v) is 1.39. The number of carbonyl (C=O) groups excluding carboxylic acids is 1. The van der Waals surface area contributed by atoms with Crippen LogP contribution in [0.3, 0.4) is 0 Å². The number of aldehydes is 1. The van der Waals surface area contributed by atoms with Crippen molar-refractivity contribution in [1.82, 2.24) is 0 Å². The van der Waals surface area contributed by atoms with E-state index in [1.54, 1.807) is 0 Å². The Morgan fingerprint density at radius 3 is 2.13 bits per heavy atom. The van der Waals surface area contributed by atoms with E-state index in [1.807, 2.05) is 0 Å². The zero-order chi connectivity index (χ0) is 11.6. The van der Waals surface area contributed by atoms with Gasteiger partial charge in [0.25, 0.3) is 5.97 Å². The smallest absolute Gasteiger partial charge is 0.279 e. The summed E-state index contributed by atoms with van der Waals surface area (Å²) in [5.74, 6) is -1.43. The van der Waals surface area contributed by atoms with Crippen molar-refractivity contribution in [2.45, 2.75) is 50.9 Å². The molecule has 0 aliphatic carbocycles. The Balaban J connectivity index is 3.33. The summed E-state index contributed by atoms with van der Waals surface area (Å²) in [6.07, 6.45) is 7.08. The molecule has 1 N–H and O–H groups in total. The van der Waals surface area contributed by atoms with Crippen molar-refractivity contribution >= 4 is 6.29 Å². The third kappa shape index (κ3) is 7.48. The molecule has 0 rings (SSSR count). The third-order valence-electron chi connectivity index (χ3n) is 2.45. The van der Waals surface area contributed by atoms with E-state index in [4.69, 9.17) is 9.47 Å². The van der Waals surface area contributed by atoms with Gasteiger partial charge in [-0.2, -0.15) is 0 Å². The molecule has 0 bridgehead atoms. The highest BCUT2D eigenvalue weighted by molar-refractivity contribution is 5.48. The molecule has 0 aromatic heterocycles. The van der Waals surface area contributed by atoms with Crippen molar-refractivity contribution in [3.8, 4) is 0 Å². The summed E-state index contributed by atoms with van der Waals surface area (Å²) < 4.78 is 9.64. The van der Waals surface area contributed by atoms with E-state index in [0.717, 1.165) is 38.4 Å². The second-order valence-corrected chi connectivity index (χ2v) is 3.59. The zero-order valence-electron chi connectivity index (χ0n) is 9.70. The van der Waals surface area contributed by atoms with Crippen molar-refractivity contribution in [3.63, 3.8) is 0 Å². The highest BCUT2D eigenvalue weighted by atomic mass is 16.8. The molecule has 0 radical (unpaired) electrons. The maximum absolute atomic E-state index is 10.0. The Labute approximate surface area is 91.6 Å². The summed E-state index contributed by atoms with van der Waals surface area (Å²) >= 11 is 0. The summed E-state index contributed by atoms with van der Waals surface area (Å²) in [7, 11) is 2.85. The van der Waals surface area contributed by atoms with Gasteiger partial charge < -0.3 is 19.4 Å². The number of unbranched alkanes of at least 4 members (excludes halogenated alkanes) is 5. The molecule has 0 heterocycles. The largest absolute Gasteiger partial charge is 0.343 e.